The van der Waals surface area contributed by atoms with E-state index in [0.29, 0.717) is 21.9 Å². The van der Waals surface area contributed by atoms with Crippen molar-refractivity contribution < 1.29 is 9.13 Å². The van der Waals surface area contributed by atoms with Crippen LogP contribution in [0.4, 0.5) is 4.39 Å². The predicted octanol–water partition coefficient (Wildman–Crippen LogP) is 5.12. The number of para-hydroxylation sites is 1. The standard InChI is InChI=1S/C13H9BrClFO/c14-11-6-5-10(7-12(11)16)17-13-4-2-1-3-9(13)8-15/h1-7H,8H2. The maximum Gasteiger partial charge on any atom is 0.141 e. The smallest absolute Gasteiger partial charge is 0.141 e. The van der Waals surface area contributed by atoms with Gasteiger partial charge in [-0.15, -0.1) is 11.6 Å². The predicted molar refractivity (Wildman–Crippen MR) is 70.2 cm³/mol. The summed E-state index contributed by atoms with van der Waals surface area (Å²) in [6.07, 6.45) is 0. The Balaban J connectivity index is 2.28. The minimum Gasteiger partial charge on any atom is -0.457 e. The highest BCUT2D eigenvalue weighted by Gasteiger charge is 2.05. The maximum atomic E-state index is 13.3. The van der Waals surface area contributed by atoms with Gasteiger partial charge < -0.3 is 4.74 Å². The van der Waals surface area contributed by atoms with E-state index in [0.717, 1.165) is 5.56 Å². The van der Waals surface area contributed by atoms with Crippen LogP contribution in [-0.2, 0) is 5.88 Å². The van der Waals surface area contributed by atoms with Crippen molar-refractivity contribution in [1.82, 2.24) is 0 Å². The van der Waals surface area contributed by atoms with Gasteiger partial charge in [0, 0.05) is 11.6 Å². The summed E-state index contributed by atoms with van der Waals surface area (Å²) < 4.78 is 19.3. The molecule has 0 saturated heterocycles. The third kappa shape index (κ3) is 2.99. The molecule has 0 N–H and O–H groups in total. The molecular weight excluding hydrogens is 306 g/mol. The number of hydrogen-bond acceptors (Lipinski definition) is 1. The van der Waals surface area contributed by atoms with E-state index < -0.39 is 0 Å². The number of benzene rings is 2. The summed E-state index contributed by atoms with van der Waals surface area (Å²) in [5, 5.41) is 0. The van der Waals surface area contributed by atoms with E-state index in [-0.39, 0.29) is 5.82 Å². The molecule has 2 aromatic rings. The lowest BCUT2D eigenvalue weighted by atomic mass is 10.2. The zero-order valence-electron chi connectivity index (χ0n) is 8.79. The van der Waals surface area contributed by atoms with E-state index in [1.165, 1.54) is 6.07 Å². The Morgan fingerprint density at radius 3 is 2.65 bits per heavy atom. The first kappa shape index (κ1) is 12.4. The Bertz CT molecular complexity index is 531. The highest BCUT2D eigenvalue weighted by atomic mass is 79.9. The topological polar surface area (TPSA) is 9.23 Å². The fourth-order valence-corrected chi connectivity index (χ4v) is 1.85. The molecular formula is C13H9BrClFO. The van der Waals surface area contributed by atoms with Crippen molar-refractivity contribution in [2.24, 2.45) is 0 Å². The Kier molecular flexibility index (Phi) is 4.02. The number of rotatable bonds is 3. The highest BCUT2D eigenvalue weighted by Crippen LogP contribution is 2.28. The molecule has 0 bridgehead atoms. The van der Waals surface area contributed by atoms with Crippen LogP contribution in [0.25, 0.3) is 0 Å². The first-order valence-corrected chi connectivity index (χ1v) is 6.30. The summed E-state index contributed by atoms with van der Waals surface area (Å²) >= 11 is 8.88. The molecule has 0 saturated carbocycles. The van der Waals surface area contributed by atoms with Crippen LogP contribution in [0.3, 0.4) is 0 Å². The molecule has 17 heavy (non-hydrogen) atoms. The molecule has 2 rings (SSSR count). The molecule has 0 unspecified atom stereocenters. The maximum absolute atomic E-state index is 13.3. The average Bonchev–Trinajstić information content (AvgIpc) is 2.34. The molecule has 2 aromatic carbocycles. The third-order valence-corrected chi connectivity index (χ3v) is 3.17. The normalized spacial score (nSPS) is 10.3. The van der Waals surface area contributed by atoms with Gasteiger partial charge in [0.25, 0.3) is 0 Å². The monoisotopic (exact) mass is 314 g/mol. The van der Waals surface area contributed by atoms with E-state index >= 15 is 0 Å². The first-order valence-electron chi connectivity index (χ1n) is 4.97. The average molecular weight is 316 g/mol. The van der Waals surface area contributed by atoms with Crippen LogP contribution >= 0.6 is 27.5 Å². The van der Waals surface area contributed by atoms with E-state index in [1.807, 2.05) is 18.2 Å². The van der Waals surface area contributed by atoms with Crippen LogP contribution in [0.5, 0.6) is 11.5 Å². The van der Waals surface area contributed by atoms with Crippen molar-refractivity contribution in [2.45, 2.75) is 5.88 Å². The fraction of sp³-hybridized carbons (Fsp3) is 0.0769. The Morgan fingerprint density at radius 2 is 1.94 bits per heavy atom. The third-order valence-electron chi connectivity index (χ3n) is 2.24. The van der Waals surface area contributed by atoms with Gasteiger partial charge >= 0.3 is 0 Å². The summed E-state index contributed by atoms with van der Waals surface area (Å²) in [4.78, 5) is 0. The lowest BCUT2D eigenvalue weighted by Crippen LogP contribution is -1.90. The van der Waals surface area contributed by atoms with E-state index in [1.54, 1.807) is 18.2 Å². The van der Waals surface area contributed by atoms with Crippen LogP contribution < -0.4 is 4.74 Å². The Hall–Kier alpha value is -1.06. The van der Waals surface area contributed by atoms with Crippen LogP contribution in [0.2, 0.25) is 0 Å². The second-order valence-corrected chi connectivity index (χ2v) is 4.54. The van der Waals surface area contributed by atoms with Gasteiger partial charge in [-0.1, -0.05) is 18.2 Å². The Labute approximate surface area is 112 Å². The largest absolute Gasteiger partial charge is 0.457 e. The minimum atomic E-state index is -0.356. The molecule has 0 atom stereocenters. The van der Waals surface area contributed by atoms with E-state index in [9.17, 15) is 4.39 Å². The zero-order chi connectivity index (χ0) is 12.3. The Morgan fingerprint density at radius 1 is 1.18 bits per heavy atom. The van der Waals surface area contributed by atoms with Crippen molar-refractivity contribution in [3.8, 4) is 11.5 Å². The molecule has 0 aromatic heterocycles. The molecule has 1 nitrogen and oxygen atoms in total. The highest BCUT2D eigenvalue weighted by molar-refractivity contribution is 9.10. The van der Waals surface area contributed by atoms with Crippen molar-refractivity contribution in [3.05, 3.63) is 58.3 Å². The van der Waals surface area contributed by atoms with Crippen molar-refractivity contribution in [2.75, 3.05) is 0 Å². The molecule has 4 heteroatoms. The van der Waals surface area contributed by atoms with E-state index in [4.69, 9.17) is 16.3 Å². The molecule has 0 spiro atoms. The molecule has 0 heterocycles. The molecule has 0 radical (unpaired) electrons. The van der Waals surface area contributed by atoms with Crippen LogP contribution in [0.1, 0.15) is 5.56 Å². The first-order chi connectivity index (χ1) is 8.20. The summed E-state index contributed by atoms with van der Waals surface area (Å²) in [6, 6.07) is 12.0. The number of ether oxygens (including phenoxy) is 1. The quantitative estimate of drug-likeness (QED) is 0.714. The second kappa shape index (κ2) is 5.52. The second-order valence-electron chi connectivity index (χ2n) is 3.42. The molecule has 0 aliphatic carbocycles. The fourth-order valence-electron chi connectivity index (χ4n) is 1.38. The van der Waals surface area contributed by atoms with Crippen molar-refractivity contribution >= 4 is 27.5 Å². The summed E-state index contributed by atoms with van der Waals surface area (Å²) in [7, 11) is 0. The SMILES string of the molecule is Fc1cc(Oc2ccccc2CCl)ccc1Br. The van der Waals surface area contributed by atoms with Gasteiger partial charge in [-0.05, 0) is 34.1 Å². The molecule has 0 aliphatic rings. The van der Waals surface area contributed by atoms with Gasteiger partial charge in [-0.25, -0.2) is 4.39 Å². The summed E-state index contributed by atoms with van der Waals surface area (Å²) in [6.45, 7) is 0. The van der Waals surface area contributed by atoms with Crippen molar-refractivity contribution in [3.63, 3.8) is 0 Å². The van der Waals surface area contributed by atoms with Gasteiger partial charge in [0.15, 0.2) is 0 Å². The summed E-state index contributed by atoms with van der Waals surface area (Å²) in [5.74, 6) is 1.09. The van der Waals surface area contributed by atoms with Gasteiger partial charge in [-0.3, -0.25) is 0 Å². The van der Waals surface area contributed by atoms with E-state index in [2.05, 4.69) is 15.9 Å². The van der Waals surface area contributed by atoms with Gasteiger partial charge in [-0.2, -0.15) is 0 Å². The summed E-state index contributed by atoms with van der Waals surface area (Å²) in [5.41, 5.74) is 0.873. The van der Waals surface area contributed by atoms with Gasteiger partial charge in [0.2, 0.25) is 0 Å². The van der Waals surface area contributed by atoms with Crippen LogP contribution in [-0.4, -0.2) is 0 Å². The minimum absolute atomic E-state index is 0.356. The van der Waals surface area contributed by atoms with Gasteiger partial charge in [0.05, 0.1) is 10.4 Å². The number of alkyl halides is 1. The number of hydrogen-bond donors (Lipinski definition) is 0. The molecule has 0 aliphatic heterocycles. The van der Waals surface area contributed by atoms with Crippen LogP contribution in [0, 0.1) is 5.82 Å². The zero-order valence-corrected chi connectivity index (χ0v) is 11.1. The lowest BCUT2D eigenvalue weighted by Gasteiger charge is -2.09. The van der Waals surface area contributed by atoms with Crippen LogP contribution in [0.15, 0.2) is 46.9 Å². The molecule has 88 valence electrons. The van der Waals surface area contributed by atoms with Crippen molar-refractivity contribution in [1.29, 1.82) is 0 Å². The number of halogens is 3. The van der Waals surface area contributed by atoms with Gasteiger partial charge in [0.1, 0.15) is 17.3 Å². The lowest BCUT2D eigenvalue weighted by molar-refractivity contribution is 0.472. The molecule has 0 amide bonds. The molecule has 0 fully saturated rings.